The third kappa shape index (κ3) is 5.04. The smallest absolute Gasteiger partial charge is 0.221 e. The van der Waals surface area contributed by atoms with Crippen LogP contribution in [-0.4, -0.2) is 42.9 Å². The summed E-state index contributed by atoms with van der Waals surface area (Å²) in [5.41, 5.74) is 1.66. The summed E-state index contributed by atoms with van der Waals surface area (Å²) in [4.78, 5) is 17.4. The summed E-state index contributed by atoms with van der Waals surface area (Å²) < 4.78 is 10.4. The molecule has 1 aromatic heterocycles. The van der Waals surface area contributed by atoms with Gasteiger partial charge in [-0.05, 0) is 37.1 Å². The van der Waals surface area contributed by atoms with Gasteiger partial charge in [0.05, 0.1) is 20.3 Å². The van der Waals surface area contributed by atoms with Crippen LogP contribution in [0.25, 0.3) is 11.3 Å². The number of hydrogen-bond donors (Lipinski definition) is 1. The van der Waals surface area contributed by atoms with E-state index in [2.05, 4.69) is 10.5 Å². The summed E-state index contributed by atoms with van der Waals surface area (Å²) in [5.74, 6) is 1.38. The molecule has 0 radical (unpaired) electrons. The molecule has 1 aliphatic heterocycles. The second-order valence-corrected chi connectivity index (χ2v) is 5.90. The molecule has 134 valence electrons. The van der Waals surface area contributed by atoms with Gasteiger partial charge < -0.3 is 14.6 Å². The fraction of sp³-hybridized carbons (Fsp3) is 0.444. The lowest BCUT2D eigenvalue weighted by Crippen LogP contribution is -2.34. The van der Waals surface area contributed by atoms with Gasteiger partial charge in [-0.2, -0.15) is 5.06 Å². The maximum atomic E-state index is 11.9. The van der Waals surface area contributed by atoms with Crippen LogP contribution in [0.1, 0.15) is 25.0 Å². The highest BCUT2D eigenvalue weighted by molar-refractivity contribution is 5.76. The van der Waals surface area contributed by atoms with Crippen molar-refractivity contribution in [2.45, 2.75) is 25.8 Å². The fourth-order valence-electron chi connectivity index (χ4n) is 2.62. The monoisotopic (exact) mass is 345 g/mol. The Labute approximate surface area is 146 Å². The zero-order valence-corrected chi connectivity index (χ0v) is 14.4. The van der Waals surface area contributed by atoms with Crippen molar-refractivity contribution in [2.24, 2.45) is 0 Å². The first kappa shape index (κ1) is 17.4. The number of nitrogens with one attached hydrogen (secondary N) is 1. The topological polar surface area (TPSA) is 76.8 Å². The minimum absolute atomic E-state index is 0.0310. The van der Waals surface area contributed by atoms with Gasteiger partial charge in [0.2, 0.25) is 5.91 Å². The van der Waals surface area contributed by atoms with Crippen LogP contribution in [0.4, 0.5) is 0 Å². The van der Waals surface area contributed by atoms with Gasteiger partial charge in [0.15, 0.2) is 5.76 Å². The number of ether oxygens (including phenoxy) is 1. The lowest BCUT2D eigenvalue weighted by molar-refractivity contribution is -0.181. The Morgan fingerprint density at radius 3 is 2.88 bits per heavy atom. The third-order valence-electron chi connectivity index (χ3n) is 4.07. The van der Waals surface area contributed by atoms with Crippen LogP contribution in [0, 0.1) is 0 Å². The Balaban J connectivity index is 1.45. The number of methoxy groups -OCH3 is 1. The van der Waals surface area contributed by atoms with Crippen molar-refractivity contribution in [3.05, 3.63) is 36.1 Å². The number of hydrogen-bond acceptors (Lipinski definition) is 6. The maximum absolute atomic E-state index is 11.9. The van der Waals surface area contributed by atoms with Gasteiger partial charge in [0.25, 0.3) is 0 Å². The quantitative estimate of drug-likeness (QED) is 0.830. The summed E-state index contributed by atoms with van der Waals surface area (Å²) in [6.07, 6.45) is 2.61. The van der Waals surface area contributed by atoms with Crippen molar-refractivity contribution >= 4 is 5.91 Å². The lowest BCUT2D eigenvalue weighted by atomic mass is 10.1. The molecule has 3 rings (SSSR count). The van der Waals surface area contributed by atoms with Gasteiger partial charge in [-0.15, -0.1) is 0 Å². The standard InChI is InChI=1S/C18H23N3O4/c1-23-15-6-4-14(5-7-15)17-12-16(25-20-17)13-19-18(22)8-10-21-9-2-3-11-24-21/h4-7,12H,2-3,8-11,13H2,1H3,(H,19,22). The zero-order chi connectivity index (χ0) is 17.5. The van der Waals surface area contributed by atoms with Crippen molar-refractivity contribution in [3.63, 3.8) is 0 Å². The number of amides is 1. The van der Waals surface area contributed by atoms with E-state index < -0.39 is 0 Å². The predicted octanol–water partition coefficient (Wildman–Crippen LogP) is 2.38. The van der Waals surface area contributed by atoms with Crippen LogP contribution < -0.4 is 10.1 Å². The summed E-state index contributed by atoms with van der Waals surface area (Å²) in [6.45, 7) is 2.57. The Kier molecular flexibility index (Phi) is 6.03. The number of hydroxylamine groups is 2. The molecule has 1 N–H and O–H groups in total. The highest BCUT2D eigenvalue weighted by Crippen LogP contribution is 2.22. The van der Waals surface area contributed by atoms with Gasteiger partial charge >= 0.3 is 0 Å². The molecule has 1 saturated heterocycles. The SMILES string of the molecule is COc1ccc(-c2cc(CNC(=O)CCN3CCCCO3)on2)cc1. The first-order valence-electron chi connectivity index (χ1n) is 8.49. The molecule has 0 saturated carbocycles. The van der Waals surface area contributed by atoms with Crippen LogP contribution in [0.5, 0.6) is 5.75 Å². The Morgan fingerprint density at radius 1 is 1.32 bits per heavy atom. The van der Waals surface area contributed by atoms with Crippen LogP contribution in [0.2, 0.25) is 0 Å². The summed E-state index contributed by atoms with van der Waals surface area (Å²) in [5, 5.41) is 8.75. The van der Waals surface area contributed by atoms with E-state index >= 15 is 0 Å². The number of carbonyl (C=O) groups excluding carboxylic acids is 1. The molecule has 1 aliphatic rings. The highest BCUT2D eigenvalue weighted by Gasteiger charge is 2.13. The lowest BCUT2D eigenvalue weighted by Gasteiger charge is -2.25. The van der Waals surface area contributed by atoms with E-state index in [0.29, 0.717) is 25.3 Å². The predicted molar refractivity (Wildman–Crippen MR) is 91.7 cm³/mol. The minimum Gasteiger partial charge on any atom is -0.497 e. The minimum atomic E-state index is -0.0310. The van der Waals surface area contributed by atoms with Crippen LogP contribution in [0.3, 0.4) is 0 Å². The van der Waals surface area contributed by atoms with Gasteiger partial charge in [0.1, 0.15) is 11.4 Å². The number of aromatic nitrogens is 1. The number of benzene rings is 1. The van der Waals surface area contributed by atoms with Gasteiger partial charge in [-0.1, -0.05) is 5.16 Å². The average Bonchev–Trinajstić information content (AvgIpc) is 3.14. The van der Waals surface area contributed by atoms with E-state index in [1.54, 1.807) is 7.11 Å². The van der Waals surface area contributed by atoms with Gasteiger partial charge in [-0.25, -0.2) is 0 Å². The van der Waals surface area contributed by atoms with Crippen molar-refractivity contribution in [1.82, 2.24) is 15.5 Å². The molecule has 2 heterocycles. The highest BCUT2D eigenvalue weighted by atomic mass is 16.7. The zero-order valence-electron chi connectivity index (χ0n) is 14.4. The molecule has 1 amide bonds. The Morgan fingerprint density at radius 2 is 2.16 bits per heavy atom. The Hall–Kier alpha value is -2.38. The molecule has 0 unspecified atom stereocenters. The summed E-state index contributed by atoms with van der Waals surface area (Å²) >= 11 is 0. The molecule has 7 heteroatoms. The van der Waals surface area contributed by atoms with E-state index in [9.17, 15) is 4.79 Å². The second-order valence-electron chi connectivity index (χ2n) is 5.90. The number of rotatable bonds is 7. The first-order chi connectivity index (χ1) is 12.2. The molecule has 1 fully saturated rings. The molecular formula is C18H23N3O4. The first-order valence-corrected chi connectivity index (χ1v) is 8.49. The van der Waals surface area contributed by atoms with E-state index in [0.717, 1.165) is 43.0 Å². The van der Waals surface area contributed by atoms with Crippen molar-refractivity contribution in [1.29, 1.82) is 0 Å². The second kappa shape index (κ2) is 8.64. The molecule has 2 aromatic rings. The van der Waals surface area contributed by atoms with Crippen molar-refractivity contribution in [2.75, 3.05) is 26.8 Å². The number of carbonyl (C=O) groups is 1. The van der Waals surface area contributed by atoms with Crippen LogP contribution in [0.15, 0.2) is 34.9 Å². The molecule has 0 bridgehead atoms. The molecule has 7 nitrogen and oxygen atoms in total. The van der Waals surface area contributed by atoms with E-state index in [4.69, 9.17) is 14.1 Å². The molecular weight excluding hydrogens is 322 g/mol. The van der Waals surface area contributed by atoms with Crippen molar-refractivity contribution < 1.29 is 18.9 Å². The van der Waals surface area contributed by atoms with Crippen LogP contribution in [-0.2, 0) is 16.2 Å². The van der Waals surface area contributed by atoms with E-state index in [1.165, 1.54) is 0 Å². The van der Waals surface area contributed by atoms with Crippen LogP contribution >= 0.6 is 0 Å². The average molecular weight is 345 g/mol. The number of nitrogens with zero attached hydrogens (tertiary/aromatic N) is 2. The summed E-state index contributed by atoms with van der Waals surface area (Å²) in [6, 6.07) is 9.40. The van der Waals surface area contributed by atoms with Gasteiger partial charge in [-0.3, -0.25) is 9.63 Å². The molecule has 0 spiro atoms. The molecule has 0 aliphatic carbocycles. The van der Waals surface area contributed by atoms with E-state index in [-0.39, 0.29) is 5.91 Å². The molecule has 25 heavy (non-hydrogen) atoms. The van der Waals surface area contributed by atoms with Gasteiger partial charge in [0, 0.05) is 31.1 Å². The normalized spacial score (nSPS) is 15.1. The Bertz CT molecular complexity index is 678. The van der Waals surface area contributed by atoms with E-state index in [1.807, 2.05) is 35.4 Å². The molecule has 0 atom stereocenters. The summed E-state index contributed by atoms with van der Waals surface area (Å²) in [7, 11) is 1.63. The fourth-order valence-corrected chi connectivity index (χ4v) is 2.62. The van der Waals surface area contributed by atoms with Crippen molar-refractivity contribution in [3.8, 4) is 17.0 Å². The third-order valence-corrected chi connectivity index (χ3v) is 4.07. The molecule has 1 aromatic carbocycles. The maximum Gasteiger partial charge on any atom is 0.221 e. The largest absolute Gasteiger partial charge is 0.497 e.